The minimum Gasteiger partial charge on any atom is -0.477 e. The maximum atomic E-state index is 12.4. The molecule has 0 spiro atoms. The van der Waals surface area contributed by atoms with Gasteiger partial charge in [0.2, 0.25) is 0 Å². The molecule has 21 heavy (non-hydrogen) atoms. The summed E-state index contributed by atoms with van der Waals surface area (Å²) in [6.07, 6.45) is 0. The average molecular weight is 325 g/mol. The largest absolute Gasteiger partial charge is 0.477 e. The topological polar surface area (TPSA) is 83.5 Å². The molecule has 0 unspecified atom stereocenters. The molecule has 0 amide bonds. The van der Waals surface area contributed by atoms with Gasteiger partial charge in [-0.05, 0) is 29.0 Å². The Balaban J connectivity index is 2.43. The summed E-state index contributed by atoms with van der Waals surface area (Å²) in [7, 11) is -3.92. The van der Waals surface area contributed by atoms with Crippen LogP contribution >= 0.6 is 11.3 Å². The van der Waals surface area contributed by atoms with Crippen molar-refractivity contribution in [3.05, 3.63) is 46.2 Å². The predicted molar refractivity (Wildman–Crippen MR) is 82.6 cm³/mol. The molecule has 2 rings (SSSR count). The third-order valence-electron chi connectivity index (χ3n) is 2.94. The molecule has 0 fully saturated rings. The standard InChI is InChI=1S/C14H15NO4S2/c1-9(2)10-5-3-4-6-11(10)15-21(18,19)12-7-8-20-13(12)14(16)17/h3-9,15H,1-2H3,(H,16,17). The summed E-state index contributed by atoms with van der Waals surface area (Å²) >= 11 is 0.887. The smallest absolute Gasteiger partial charge is 0.347 e. The second-order valence-corrected chi connectivity index (χ2v) is 7.33. The molecule has 0 aliphatic heterocycles. The molecule has 112 valence electrons. The van der Waals surface area contributed by atoms with E-state index in [1.807, 2.05) is 26.0 Å². The summed E-state index contributed by atoms with van der Waals surface area (Å²) < 4.78 is 27.3. The van der Waals surface area contributed by atoms with Crippen molar-refractivity contribution >= 4 is 33.0 Å². The number of nitrogens with one attached hydrogen (secondary N) is 1. The van der Waals surface area contributed by atoms with Gasteiger partial charge in [-0.3, -0.25) is 4.72 Å². The molecular weight excluding hydrogens is 310 g/mol. The first-order valence-corrected chi connectivity index (χ1v) is 8.61. The number of carboxylic acids is 1. The Morgan fingerprint density at radius 1 is 1.24 bits per heavy atom. The van der Waals surface area contributed by atoms with Crippen molar-refractivity contribution in [2.24, 2.45) is 0 Å². The van der Waals surface area contributed by atoms with Crippen molar-refractivity contribution in [2.75, 3.05) is 4.72 Å². The number of anilines is 1. The number of hydrogen-bond acceptors (Lipinski definition) is 4. The van der Waals surface area contributed by atoms with Gasteiger partial charge in [-0.15, -0.1) is 11.3 Å². The van der Waals surface area contributed by atoms with Crippen molar-refractivity contribution in [1.82, 2.24) is 0 Å². The average Bonchev–Trinajstić information content (AvgIpc) is 2.88. The number of aromatic carboxylic acids is 1. The van der Waals surface area contributed by atoms with Gasteiger partial charge in [0.05, 0.1) is 5.69 Å². The van der Waals surface area contributed by atoms with E-state index in [0.717, 1.165) is 16.9 Å². The Morgan fingerprint density at radius 2 is 1.90 bits per heavy atom. The lowest BCUT2D eigenvalue weighted by Crippen LogP contribution is -2.16. The molecule has 2 aromatic rings. The highest BCUT2D eigenvalue weighted by molar-refractivity contribution is 7.93. The summed E-state index contributed by atoms with van der Waals surface area (Å²) in [5, 5.41) is 10.5. The van der Waals surface area contributed by atoms with E-state index in [-0.39, 0.29) is 15.7 Å². The number of para-hydroxylation sites is 1. The van der Waals surface area contributed by atoms with E-state index in [1.165, 1.54) is 11.4 Å². The van der Waals surface area contributed by atoms with Gasteiger partial charge in [0, 0.05) is 0 Å². The Morgan fingerprint density at radius 3 is 2.52 bits per heavy atom. The maximum absolute atomic E-state index is 12.4. The summed E-state index contributed by atoms with van der Waals surface area (Å²) in [5.41, 5.74) is 1.32. The van der Waals surface area contributed by atoms with Crippen LogP contribution in [0.3, 0.4) is 0 Å². The summed E-state index contributed by atoms with van der Waals surface area (Å²) in [6.45, 7) is 3.92. The van der Waals surface area contributed by atoms with E-state index in [0.29, 0.717) is 5.69 Å². The molecular formula is C14H15NO4S2. The van der Waals surface area contributed by atoms with E-state index in [1.54, 1.807) is 12.1 Å². The number of carboxylic acid groups (broad SMARTS) is 1. The van der Waals surface area contributed by atoms with E-state index in [2.05, 4.69) is 4.72 Å². The van der Waals surface area contributed by atoms with Gasteiger partial charge < -0.3 is 5.11 Å². The van der Waals surface area contributed by atoms with E-state index < -0.39 is 16.0 Å². The Kier molecular flexibility index (Phi) is 4.34. The minimum absolute atomic E-state index is 0.144. The molecule has 5 nitrogen and oxygen atoms in total. The lowest BCUT2D eigenvalue weighted by molar-refractivity contribution is 0.0698. The van der Waals surface area contributed by atoms with Crippen LogP contribution in [0.4, 0.5) is 5.69 Å². The molecule has 0 aliphatic carbocycles. The highest BCUT2D eigenvalue weighted by Gasteiger charge is 2.24. The fourth-order valence-electron chi connectivity index (χ4n) is 1.96. The van der Waals surface area contributed by atoms with Gasteiger partial charge in [-0.1, -0.05) is 32.0 Å². The fraction of sp³-hybridized carbons (Fsp3) is 0.214. The summed E-state index contributed by atoms with van der Waals surface area (Å²) in [5.74, 6) is -1.10. The number of carbonyl (C=O) groups is 1. The van der Waals surface area contributed by atoms with Gasteiger partial charge >= 0.3 is 5.97 Å². The fourth-order valence-corrected chi connectivity index (χ4v) is 4.31. The van der Waals surface area contributed by atoms with Crippen LogP contribution in [0.15, 0.2) is 40.6 Å². The molecule has 7 heteroatoms. The Hall–Kier alpha value is -1.86. The van der Waals surface area contributed by atoms with Gasteiger partial charge in [0.25, 0.3) is 10.0 Å². The van der Waals surface area contributed by atoms with E-state index in [4.69, 9.17) is 5.11 Å². The zero-order valence-corrected chi connectivity index (χ0v) is 13.2. The van der Waals surface area contributed by atoms with Crippen LogP contribution < -0.4 is 4.72 Å². The SMILES string of the molecule is CC(C)c1ccccc1NS(=O)(=O)c1ccsc1C(=O)O. The molecule has 1 aromatic heterocycles. The monoisotopic (exact) mass is 325 g/mol. The number of hydrogen-bond donors (Lipinski definition) is 2. The van der Waals surface area contributed by atoms with Crippen LogP contribution in [0.1, 0.15) is 35.0 Å². The van der Waals surface area contributed by atoms with E-state index >= 15 is 0 Å². The van der Waals surface area contributed by atoms with Crippen LogP contribution in [0.2, 0.25) is 0 Å². The lowest BCUT2D eigenvalue weighted by atomic mass is 10.0. The first-order valence-electron chi connectivity index (χ1n) is 6.25. The molecule has 0 saturated heterocycles. The Bertz CT molecular complexity index is 763. The zero-order chi connectivity index (χ0) is 15.6. The molecule has 0 saturated carbocycles. The Labute approximate surface area is 127 Å². The molecule has 0 radical (unpaired) electrons. The number of benzene rings is 1. The number of rotatable bonds is 5. The highest BCUT2D eigenvalue weighted by atomic mass is 32.2. The van der Waals surface area contributed by atoms with Crippen LogP contribution in [0, 0.1) is 0 Å². The number of thiophene rings is 1. The van der Waals surface area contributed by atoms with Crippen LogP contribution in [-0.2, 0) is 10.0 Å². The van der Waals surface area contributed by atoms with Crippen LogP contribution in [-0.4, -0.2) is 19.5 Å². The molecule has 1 heterocycles. The van der Waals surface area contributed by atoms with Crippen molar-refractivity contribution < 1.29 is 18.3 Å². The molecule has 1 aromatic carbocycles. The van der Waals surface area contributed by atoms with Gasteiger partial charge in [-0.25, -0.2) is 13.2 Å². The maximum Gasteiger partial charge on any atom is 0.347 e. The van der Waals surface area contributed by atoms with Crippen LogP contribution in [0.5, 0.6) is 0 Å². The minimum atomic E-state index is -3.92. The number of sulfonamides is 1. The van der Waals surface area contributed by atoms with E-state index in [9.17, 15) is 13.2 Å². The first-order chi connectivity index (χ1) is 9.83. The quantitative estimate of drug-likeness (QED) is 0.883. The molecule has 0 aliphatic rings. The third-order valence-corrected chi connectivity index (χ3v) is 5.38. The van der Waals surface area contributed by atoms with Crippen LogP contribution in [0.25, 0.3) is 0 Å². The van der Waals surface area contributed by atoms with Crippen molar-refractivity contribution in [3.63, 3.8) is 0 Å². The normalized spacial score (nSPS) is 11.6. The second kappa shape index (κ2) is 5.87. The zero-order valence-electron chi connectivity index (χ0n) is 11.5. The van der Waals surface area contributed by atoms with Crippen molar-refractivity contribution in [2.45, 2.75) is 24.7 Å². The van der Waals surface area contributed by atoms with Crippen molar-refractivity contribution in [3.8, 4) is 0 Å². The first kappa shape index (κ1) is 15.5. The lowest BCUT2D eigenvalue weighted by Gasteiger charge is -2.14. The summed E-state index contributed by atoms with van der Waals surface area (Å²) in [4.78, 5) is 10.7. The predicted octanol–water partition coefficient (Wildman–Crippen LogP) is 3.37. The molecule has 0 bridgehead atoms. The van der Waals surface area contributed by atoms with Gasteiger partial charge in [-0.2, -0.15) is 0 Å². The van der Waals surface area contributed by atoms with Gasteiger partial charge in [0.1, 0.15) is 9.77 Å². The van der Waals surface area contributed by atoms with Gasteiger partial charge in [0.15, 0.2) is 0 Å². The third kappa shape index (κ3) is 3.25. The molecule has 0 atom stereocenters. The second-order valence-electron chi connectivity index (χ2n) is 4.77. The van der Waals surface area contributed by atoms with Crippen molar-refractivity contribution in [1.29, 1.82) is 0 Å². The highest BCUT2D eigenvalue weighted by Crippen LogP contribution is 2.28. The summed E-state index contributed by atoms with van der Waals surface area (Å²) in [6, 6.07) is 8.37. The molecule has 2 N–H and O–H groups in total.